The number of carbonyl (C=O) groups excluding carboxylic acids is 2. The second-order valence-electron chi connectivity index (χ2n) is 5.98. The van der Waals surface area contributed by atoms with E-state index in [9.17, 15) is 9.59 Å². The molecule has 0 saturated heterocycles. The first-order valence-electron chi connectivity index (χ1n) is 8.78. The van der Waals surface area contributed by atoms with E-state index in [0.717, 1.165) is 18.8 Å². The summed E-state index contributed by atoms with van der Waals surface area (Å²) in [6.07, 6.45) is 0.367. The van der Waals surface area contributed by atoms with Crippen LogP contribution in [-0.4, -0.2) is 43.0 Å². The SMILES string of the molecule is CCN(CCOc1ccc(Cl)cc1)CCC(=O)Nc1ccc(C(N)=O)cc1. The number of rotatable bonds is 10. The van der Waals surface area contributed by atoms with Gasteiger partial charge >= 0.3 is 0 Å². The molecule has 2 aromatic carbocycles. The summed E-state index contributed by atoms with van der Waals surface area (Å²) < 4.78 is 5.69. The summed E-state index contributed by atoms with van der Waals surface area (Å²) >= 11 is 5.85. The Morgan fingerprint density at radius 3 is 2.33 bits per heavy atom. The lowest BCUT2D eigenvalue weighted by Gasteiger charge is -2.20. The van der Waals surface area contributed by atoms with Gasteiger partial charge in [-0.3, -0.25) is 14.5 Å². The van der Waals surface area contributed by atoms with E-state index in [1.165, 1.54) is 0 Å². The quantitative estimate of drug-likeness (QED) is 0.653. The molecule has 0 saturated carbocycles. The van der Waals surface area contributed by atoms with Gasteiger partial charge in [-0.2, -0.15) is 0 Å². The van der Waals surface area contributed by atoms with Crippen LogP contribution in [0.5, 0.6) is 5.75 Å². The van der Waals surface area contributed by atoms with Crippen LogP contribution in [0.3, 0.4) is 0 Å². The fourth-order valence-corrected chi connectivity index (χ4v) is 2.58. The highest BCUT2D eigenvalue weighted by molar-refractivity contribution is 6.30. The topological polar surface area (TPSA) is 84.7 Å². The van der Waals surface area contributed by atoms with E-state index in [0.29, 0.717) is 35.8 Å². The fraction of sp³-hybridized carbons (Fsp3) is 0.300. The molecule has 0 spiro atoms. The lowest BCUT2D eigenvalue weighted by molar-refractivity contribution is -0.116. The van der Waals surface area contributed by atoms with Gasteiger partial charge in [-0.1, -0.05) is 18.5 Å². The molecule has 0 atom stereocenters. The highest BCUT2D eigenvalue weighted by atomic mass is 35.5. The molecule has 0 bridgehead atoms. The summed E-state index contributed by atoms with van der Waals surface area (Å²) in [7, 11) is 0. The molecule has 0 aromatic heterocycles. The third kappa shape index (κ3) is 7.29. The number of halogens is 1. The Morgan fingerprint density at radius 1 is 1.07 bits per heavy atom. The van der Waals surface area contributed by atoms with Gasteiger partial charge in [-0.05, 0) is 55.1 Å². The van der Waals surface area contributed by atoms with Crippen molar-refractivity contribution in [2.24, 2.45) is 5.73 Å². The lowest BCUT2D eigenvalue weighted by atomic mass is 10.2. The number of carbonyl (C=O) groups is 2. The standard InChI is InChI=1S/C20H24ClN3O3/c1-2-24(13-14-27-18-9-5-16(21)6-10-18)12-11-19(25)23-17-7-3-15(4-8-17)20(22)26/h3-10H,2,11-14H2,1H3,(H2,22,26)(H,23,25). The molecule has 2 aromatic rings. The molecule has 0 unspecified atom stereocenters. The summed E-state index contributed by atoms with van der Waals surface area (Å²) in [5.41, 5.74) is 6.24. The van der Waals surface area contributed by atoms with Crippen LogP contribution in [0.4, 0.5) is 5.69 Å². The Morgan fingerprint density at radius 2 is 1.74 bits per heavy atom. The minimum Gasteiger partial charge on any atom is -0.492 e. The highest BCUT2D eigenvalue weighted by Crippen LogP contribution is 2.15. The van der Waals surface area contributed by atoms with Crippen molar-refractivity contribution in [3.05, 3.63) is 59.1 Å². The number of nitrogens with one attached hydrogen (secondary N) is 1. The highest BCUT2D eigenvalue weighted by Gasteiger charge is 2.08. The summed E-state index contributed by atoms with van der Waals surface area (Å²) in [6, 6.07) is 13.7. The first-order valence-corrected chi connectivity index (χ1v) is 9.16. The molecule has 27 heavy (non-hydrogen) atoms. The number of ether oxygens (including phenoxy) is 1. The minimum atomic E-state index is -0.493. The van der Waals surface area contributed by atoms with E-state index in [4.69, 9.17) is 22.1 Å². The van der Waals surface area contributed by atoms with Crippen LogP contribution in [0.25, 0.3) is 0 Å². The van der Waals surface area contributed by atoms with Crippen LogP contribution in [0.15, 0.2) is 48.5 Å². The second kappa shape index (κ2) is 10.5. The van der Waals surface area contributed by atoms with Crippen molar-refractivity contribution in [2.75, 3.05) is 31.6 Å². The number of hydrogen-bond acceptors (Lipinski definition) is 4. The molecule has 2 rings (SSSR count). The third-order valence-corrected chi connectivity index (χ3v) is 4.30. The number of nitrogens with two attached hydrogens (primary N) is 1. The smallest absolute Gasteiger partial charge is 0.248 e. The third-order valence-electron chi connectivity index (χ3n) is 4.05. The van der Waals surface area contributed by atoms with Crippen molar-refractivity contribution >= 4 is 29.1 Å². The number of benzene rings is 2. The molecule has 0 aliphatic carbocycles. The van der Waals surface area contributed by atoms with E-state index in [1.807, 2.05) is 19.1 Å². The Balaban J connectivity index is 1.71. The van der Waals surface area contributed by atoms with Gasteiger partial charge in [-0.25, -0.2) is 0 Å². The van der Waals surface area contributed by atoms with Crippen molar-refractivity contribution in [3.63, 3.8) is 0 Å². The molecule has 0 radical (unpaired) electrons. The minimum absolute atomic E-state index is 0.0844. The van der Waals surface area contributed by atoms with Crippen molar-refractivity contribution in [2.45, 2.75) is 13.3 Å². The van der Waals surface area contributed by atoms with E-state index >= 15 is 0 Å². The molecule has 7 heteroatoms. The van der Waals surface area contributed by atoms with Crippen molar-refractivity contribution in [3.8, 4) is 5.75 Å². The summed E-state index contributed by atoms with van der Waals surface area (Å²) in [5, 5.41) is 3.49. The number of amides is 2. The van der Waals surface area contributed by atoms with E-state index < -0.39 is 5.91 Å². The largest absolute Gasteiger partial charge is 0.492 e. The Hall–Kier alpha value is -2.57. The summed E-state index contributed by atoms with van der Waals surface area (Å²) in [5.74, 6) is 0.193. The van der Waals surface area contributed by atoms with Crippen LogP contribution >= 0.6 is 11.6 Å². The van der Waals surface area contributed by atoms with Crippen molar-refractivity contribution in [1.82, 2.24) is 4.90 Å². The number of hydrogen-bond donors (Lipinski definition) is 2. The predicted octanol–water partition coefficient (Wildman–Crippen LogP) is 3.17. The van der Waals surface area contributed by atoms with Crippen LogP contribution in [0.2, 0.25) is 5.02 Å². The van der Waals surface area contributed by atoms with Crippen LogP contribution < -0.4 is 15.8 Å². The first-order chi connectivity index (χ1) is 13.0. The Bertz CT molecular complexity index is 748. The molecule has 2 amide bonds. The maximum atomic E-state index is 12.1. The van der Waals surface area contributed by atoms with Gasteiger partial charge in [0.2, 0.25) is 11.8 Å². The van der Waals surface area contributed by atoms with Gasteiger partial charge in [0.15, 0.2) is 0 Å². The van der Waals surface area contributed by atoms with E-state index in [2.05, 4.69) is 10.2 Å². The zero-order chi connectivity index (χ0) is 19.6. The number of primary amides is 1. The molecular formula is C20H24ClN3O3. The molecule has 144 valence electrons. The maximum Gasteiger partial charge on any atom is 0.248 e. The van der Waals surface area contributed by atoms with Gasteiger partial charge in [0.25, 0.3) is 0 Å². The number of nitrogens with zero attached hydrogens (tertiary/aromatic N) is 1. The van der Waals surface area contributed by atoms with Crippen LogP contribution in [0.1, 0.15) is 23.7 Å². The Labute approximate surface area is 164 Å². The van der Waals surface area contributed by atoms with Gasteiger partial charge in [-0.15, -0.1) is 0 Å². The van der Waals surface area contributed by atoms with Crippen LogP contribution in [-0.2, 0) is 4.79 Å². The lowest BCUT2D eigenvalue weighted by Crippen LogP contribution is -2.31. The second-order valence-corrected chi connectivity index (χ2v) is 6.41. The summed E-state index contributed by atoms with van der Waals surface area (Å²) in [4.78, 5) is 25.3. The maximum absolute atomic E-state index is 12.1. The monoisotopic (exact) mass is 389 g/mol. The van der Waals surface area contributed by atoms with Gasteiger partial charge in [0.1, 0.15) is 12.4 Å². The number of likely N-dealkylation sites (N-methyl/N-ethyl adjacent to an activating group) is 1. The zero-order valence-electron chi connectivity index (χ0n) is 15.3. The number of anilines is 1. The first kappa shape index (κ1) is 20.7. The molecule has 3 N–H and O–H groups in total. The van der Waals surface area contributed by atoms with Gasteiger partial charge in [0.05, 0.1) is 0 Å². The molecular weight excluding hydrogens is 366 g/mol. The predicted molar refractivity (Wildman–Crippen MR) is 107 cm³/mol. The fourth-order valence-electron chi connectivity index (χ4n) is 2.45. The molecule has 0 aliphatic rings. The molecule has 6 nitrogen and oxygen atoms in total. The molecule has 0 heterocycles. The molecule has 0 aliphatic heterocycles. The normalized spacial score (nSPS) is 10.6. The van der Waals surface area contributed by atoms with Gasteiger partial charge in [0, 0.05) is 35.8 Å². The Kier molecular flexibility index (Phi) is 8.10. The zero-order valence-corrected chi connectivity index (χ0v) is 16.0. The van der Waals surface area contributed by atoms with Crippen molar-refractivity contribution in [1.29, 1.82) is 0 Å². The van der Waals surface area contributed by atoms with Crippen LogP contribution in [0, 0.1) is 0 Å². The van der Waals surface area contributed by atoms with Gasteiger partial charge < -0.3 is 15.8 Å². The van der Waals surface area contributed by atoms with Crippen molar-refractivity contribution < 1.29 is 14.3 Å². The van der Waals surface area contributed by atoms with E-state index in [-0.39, 0.29) is 5.91 Å². The van der Waals surface area contributed by atoms with E-state index in [1.54, 1.807) is 36.4 Å². The molecule has 0 fully saturated rings. The summed E-state index contributed by atoms with van der Waals surface area (Å²) in [6.45, 7) is 4.75. The average Bonchev–Trinajstić information content (AvgIpc) is 2.66. The average molecular weight is 390 g/mol.